The summed E-state index contributed by atoms with van der Waals surface area (Å²) in [5.41, 5.74) is 2.37. The Morgan fingerprint density at radius 2 is 2.08 bits per heavy atom. The van der Waals surface area contributed by atoms with Gasteiger partial charge in [-0.05, 0) is 23.8 Å². The predicted octanol–water partition coefficient (Wildman–Crippen LogP) is 2.24. The van der Waals surface area contributed by atoms with E-state index in [1.807, 2.05) is 24.3 Å². The number of carbonyl (C=O) groups excluding carboxylic acids is 1. The van der Waals surface area contributed by atoms with Crippen molar-refractivity contribution in [2.45, 2.75) is 12.7 Å². The van der Waals surface area contributed by atoms with Crippen LogP contribution < -0.4 is 5.69 Å². The van der Waals surface area contributed by atoms with Crippen molar-refractivity contribution >= 4 is 28.7 Å². The Kier molecular flexibility index (Phi) is 4.03. The maximum Gasteiger partial charge on any atom is 0.330 e. The van der Waals surface area contributed by atoms with Gasteiger partial charge in [-0.1, -0.05) is 23.7 Å². The molecule has 0 unspecified atom stereocenters. The quantitative estimate of drug-likeness (QED) is 0.706. The van der Waals surface area contributed by atoms with Crippen molar-refractivity contribution in [1.29, 1.82) is 0 Å². The minimum atomic E-state index is -0.973. The molecule has 0 radical (unpaired) electrons. The number of likely N-dealkylation sites (tertiary alicyclic amines) is 1. The monoisotopic (exact) mass is 374 g/mol. The average Bonchev–Trinajstić information content (AvgIpc) is 2.83. The Hall–Kier alpha value is -2.67. The van der Waals surface area contributed by atoms with E-state index in [4.69, 9.17) is 11.6 Å². The Balaban J connectivity index is 1.76. The van der Waals surface area contributed by atoms with E-state index in [0.29, 0.717) is 16.2 Å². The number of carbonyl (C=O) groups is 1. The van der Waals surface area contributed by atoms with Crippen LogP contribution in [0.2, 0.25) is 5.02 Å². The molecule has 26 heavy (non-hydrogen) atoms. The van der Waals surface area contributed by atoms with Crippen LogP contribution in [-0.4, -0.2) is 44.2 Å². The SMILES string of the molecule is Cn1c(=O)n(CC(=O)N2CC(F)C2)c2cc(-c3cccc(Cl)c3)cnc21. The van der Waals surface area contributed by atoms with Crippen molar-refractivity contribution in [2.75, 3.05) is 13.1 Å². The first-order chi connectivity index (χ1) is 12.4. The number of hydrogen-bond acceptors (Lipinski definition) is 3. The topological polar surface area (TPSA) is 60.1 Å². The van der Waals surface area contributed by atoms with Gasteiger partial charge in [-0.3, -0.25) is 13.9 Å². The van der Waals surface area contributed by atoms with Crippen LogP contribution in [0.3, 0.4) is 0 Å². The molecule has 0 N–H and O–H groups in total. The number of alkyl halides is 1. The predicted molar refractivity (Wildman–Crippen MR) is 96.9 cm³/mol. The number of halogens is 2. The average molecular weight is 375 g/mol. The first kappa shape index (κ1) is 16.8. The molecule has 3 heterocycles. The summed E-state index contributed by atoms with van der Waals surface area (Å²) in [4.78, 5) is 30.6. The highest BCUT2D eigenvalue weighted by atomic mass is 35.5. The molecule has 134 valence electrons. The molecule has 0 saturated carbocycles. The third-order valence-corrected chi connectivity index (χ3v) is 4.85. The lowest BCUT2D eigenvalue weighted by atomic mass is 10.1. The van der Waals surface area contributed by atoms with Crippen LogP contribution in [0.1, 0.15) is 0 Å². The minimum absolute atomic E-state index is 0.0877. The van der Waals surface area contributed by atoms with Crippen molar-refractivity contribution in [3.8, 4) is 11.1 Å². The minimum Gasteiger partial charge on any atom is -0.335 e. The number of aromatic nitrogens is 3. The number of pyridine rings is 1. The fourth-order valence-corrected chi connectivity index (χ4v) is 3.31. The van der Waals surface area contributed by atoms with Crippen LogP contribution in [0.15, 0.2) is 41.3 Å². The van der Waals surface area contributed by atoms with E-state index < -0.39 is 6.17 Å². The van der Waals surface area contributed by atoms with Crippen molar-refractivity contribution in [2.24, 2.45) is 7.05 Å². The standard InChI is InChI=1S/C18H16ClFN4O2/c1-22-17-15(6-12(7-21-17)11-3-2-4-13(19)5-11)24(18(22)26)10-16(25)23-8-14(20)9-23/h2-7,14H,8-10H2,1H3. The Morgan fingerprint density at radius 3 is 2.77 bits per heavy atom. The zero-order chi connectivity index (χ0) is 18.4. The molecule has 1 aliphatic heterocycles. The molecule has 2 aromatic heterocycles. The number of benzene rings is 1. The number of fused-ring (bicyclic) bond motifs is 1. The van der Waals surface area contributed by atoms with Gasteiger partial charge >= 0.3 is 5.69 Å². The highest BCUT2D eigenvalue weighted by molar-refractivity contribution is 6.30. The van der Waals surface area contributed by atoms with Gasteiger partial charge in [0.1, 0.15) is 12.7 Å². The van der Waals surface area contributed by atoms with E-state index in [2.05, 4.69) is 4.98 Å². The van der Waals surface area contributed by atoms with Gasteiger partial charge in [0.05, 0.1) is 18.6 Å². The number of hydrogen-bond donors (Lipinski definition) is 0. The van der Waals surface area contributed by atoms with E-state index in [0.717, 1.165) is 11.1 Å². The van der Waals surface area contributed by atoms with Crippen molar-refractivity contribution in [3.63, 3.8) is 0 Å². The number of rotatable bonds is 3. The fourth-order valence-electron chi connectivity index (χ4n) is 3.12. The van der Waals surface area contributed by atoms with Gasteiger partial charge < -0.3 is 4.90 Å². The molecular weight excluding hydrogens is 359 g/mol. The first-order valence-electron chi connectivity index (χ1n) is 8.17. The fraction of sp³-hybridized carbons (Fsp3) is 0.278. The number of nitrogens with zero attached hydrogens (tertiary/aromatic N) is 4. The molecule has 0 aliphatic carbocycles. The summed E-state index contributed by atoms with van der Waals surface area (Å²) in [6.07, 6.45) is 0.696. The summed E-state index contributed by atoms with van der Waals surface area (Å²) < 4.78 is 15.8. The largest absolute Gasteiger partial charge is 0.335 e. The molecule has 6 nitrogen and oxygen atoms in total. The summed E-state index contributed by atoms with van der Waals surface area (Å²) >= 11 is 6.05. The lowest BCUT2D eigenvalue weighted by Gasteiger charge is -2.34. The molecule has 0 atom stereocenters. The highest BCUT2D eigenvalue weighted by Crippen LogP contribution is 2.25. The molecule has 3 aromatic rings. The Bertz CT molecular complexity index is 1070. The summed E-state index contributed by atoms with van der Waals surface area (Å²) in [6.45, 7) is 0.0400. The van der Waals surface area contributed by atoms with Crippen LogP contribution in [0.5, 0.6) is 0 Å². The smallest absolute Gasteiger partial charge is 0.330 e. The molecule has 4 rings (SSSR count). The Labute approximate surface area is 153 Å². The molecule has 1 aliphatic rings. The first-order valence-corrected chi connectivity index (χ1v) is 8.55. The van der Waals surface area contributed by atoms with E-state index in [1.54, 1.807) is 19.3 Å². The molecule has 1 amide bonds. The van der Waals surface area contributed by atoms with Crippen molar-refractivity contribution in [3.05, 3.63) is 52.0 Å². The zero-order valence-electron chi connectivity index (χ0n) is 14.0. The maximum absolute atomic E-state index is 13.0. The molecule has 8 heteroatoms. The van der Waals surface area contributed by atoms with Crippen LogP contribution in [-0.2, 0) is 18.4 Å². The molecule has 1 saturated heterocycles. The number of imidazole rings is 1. The summed E-state index contributed by atoms with van der Waals surface area (Å²) in [7, 11) is 1.61. The second-order valence-corrected chi connectivity index (χ2v) is 6.84. The van der Waals surface area contributed by atoms with Gasteiger partial charge in [0.2, 0.25) is 5.91 Å². The summed E-state index contributed by atoms with van der Waals surface area (Å²) in [5.74, 6) is -0.276. The third-order valence-electron chi connectivity index (χ3n) is 4.61. The highest BCUT2D eigenvalue weighted by Gasteiger charge is 2.31. The number of amides is 1. The second-order valence-electron chi connectivity index (χ2n) is 6.40. The second kappa shape index (κ2) is 6.25. The lowest BCUT2D eigenvalue weighted by molar-refractivity contribution is -0.138. The van der Waals surface area contributed by atoms with Gasteiger partial charge in [-0.15, -0.1) is 0 Å². The third kappa shape index (κ3) is 2.78. The molecule has 1 aromatic carbocycles. The number of aryl methyl sites for hydroxylation is 1. The van der Waals surface area contributed by atoms with Crippen LogP contribution in [0.4, 0.5) is 4.39 Å². The van der Waals surface area contributed by atoms with Crippen molar-refractivity contribution in [1.82, 2.24) is 19.0 Å². The maximum atomic E-state index is 13.0. The van der Waals surface area contributed by atoms with Crippen molar-refractivity contribution < 1.29 is 9.18 Å². The van der Waals surface area contributed by atoms with Gasteiger partial charge in [-0.25, -0.2) is 14.2 Å². The molecule has 1 fully saturated rings. The van der Waals surface area contributed by atoms with Crippen LogP contribution >= 0.6 is 11.6 Å². The Morgan fingerprint density at radius 1 is 1.31 bits per heavy atom. The zero-order valence-corrected chi connectivity index (χ0v) is 14.8. The summed E-state index contributed by atoms with van der Waals surface area (Å²) in [5, 5.41) is 0.599. The van der Waals surface area contributed by atoms with Crippen LogP contribution in [0, 0.1) is 0 Å². The van der Waals surface area contributed by atoms with E-state index in [-0.39, 0.29) is 31.2 Å². The van der Waals surface area contributed by atoms with Gasteiger partial charge in [0.15, 0.2) is 5.65 Å². The molecular formula is C18H16ClFN4O2. The normalized spacial score (nSPS) is 14.7. The van der Waals surface area contributed by atoms with E-state index in [1.165, 1.54) is 14.0 Å². The molecule has 0 spiro atoms. The van der Waals surface area contributed by atoms with E-state index in [9.17, 15) is 14.0 Å². The summed E-state index contributed by atoms with van der Waals surface area (Å²) in [6, 6.07) is 9.13. The van der Waals surface area contributed by atoms with E-state index >= 15 is 0 Å². The molecule has 0 bridgehead atoms. The van der Waals surface area contributed by atoms with Crippen LogP contribution in [0.25, 0.3) is 22.3 Å². The lowest BCUT2D eigenvalue weighted by Crippen LogP contribution is -2.52. The van der Waals surface area contributed by atoms with Gasteiger partial charge in [-0.2, -0.15) is 0 Å². The van der Waals surface area contributed by atoms with Gasteiger partial charge in [0, 0.05) is 23.8 Å². The van der Waals surface area contributed by atoms with Gasteiger partial charge in [0.25, 0.3) is 0 Å².